The van der Waals surface area contributed by atoms with E-state index in [0.29, 0.717) is 0 Å². The molecule has 59 heavy (non-hydrogen) atoms. The molecule has 0 amide bonds. The van der Waals surface area contributed by atoms with Gasteiger partial charge in [-0.15, -0.1) is 68.0 Å². The first-order chi connectivity index (χ1) is 29.0. The maximum absolute atomic E-state index is 5.46. The van der Waals surface area contributed by atoms with E-state index in [1.807, 2.05) is 56.7 Å². The van der Waals surface area contributed by atoms with Crippen molar-refractivity contribution in [3.8, 4) is 49.0 Å². The minimum Gasteiger partial charge on any atom is -0.238 e. The summed E-state index contributed by atoms with van der Waals surface area (Å²) in [5.74, 6) is 1.65. The summed E-state index contributed by atoms with van der Waals surface area (Å²) in [7, 11) is -1.95. The highest BCUT2D eigenvalue weighted by molar-refractivity contribution is 7.32. The second-order valence-corrected chi connectivity index (χ2v) is 27.2. The van der Waals surface area contributed by atoms with E-state index in [2.05, 4.69) is 100 Å². The molecule has 9 heteroatoms. The minimum absolute atomic E-state index is 0.827. The van der Waals surface area contributed by atoms with Gasteiger partial charge >= 0.3 is 0 Å². The van der Waals surface area contributed by atoms with Gasteiger partial charge in [-0.3, -0.25) is 0 Å². The van der Waals surface area contributed by atoms with Crippen molar-refractivity contribution in [1.29, 1.82) is 0 Å². The van der Waals surface area contributed by atoms with Crippen LogP contribution in [0.2, 0.25) is 12.1 Å². The molecule has 0 aliphatic carbocycles. The second kappa shape index (κ2) is 22.1. The highest BCUT2D eigenvalue weighted by Gasteiger charge is 2.49. The summed E-state index contributed by atoms with van der Waals surface area (Å²) in [4.78, 5) is 22.5. The maximum Gasteiger partial charge on any atom is 0.153 e. The summed E-state index contributed by atoms with van der Waals surface area (Å²) in [6, 6.07) is 17.5. The summed E-state index contributed by atoms with van der Waals surface area (Å²) in [6.45, 7) is 14.3. The second-order valence-electron chi connectivity index (χ2n) is 17.2. The molecule has 0 N–H and O–H groups in total. The van der Waals surface area contributed by atoms with Gasteiger partial charge in [0.25, 0.3) is 0 Å². The Hall–Kier alpha value is -1.72. The predicted octanol–water partition coefficient (Wildman–Crippen LogP) is 17.7. The fourth-order valence-corrected chi connectivity index (χ4v) is 24.0. The van der Waals surface area contributed by atoms with Crippen LogP contribution in [0, 0.1) is 11.8 Å². The Morgan fingerprint density at radius 1 is 0.492 bits per heavy atom. The third kappa shape index (κ3) is 10.4. The van der Waals surface area contributed by atoms with Crippen molar-refractivity contribution in [3.63, 3.8) is 0 Å². The lowest BCUT2D eigenvalue weighted by Gasteiger charge is -2.35. The smallest absolute Gasteiger partial charge is 0.153 e. The fraction of sp³-hybridized carbons (Fsp3) is 0.560. The van der Waals surface area contributed by atoms with Crippen molar-refractivity contribution < 1.29 is 0 Å². The van der Waals surface area contributed by atoms with Crippen molar-refractivity contribution in [2.75, 3.05) is 0 Å². The van der Waals surface area contributed by atoms with Crippen LogP contribution in [0.15, 0.2) is 47.2 Å². The summed E-state index contributed by atoms with van der Waals surface area (Å²) in [5, 5.41) is 10.5. The molecule has 6 aromatic heterocycles. The van der Waals surface area contributed by atoms with Crippen molar-refractivity contribution in [2.24, 2.45) is 11.8 Å². The quantitative estimate of drug-likeness (QED) is 0.0400. The number of aryl methyl sites for hydroxylation is 2. The summed E-state index contributed by atoms with van der Waals surface area (Å²) < 4.78 is 0. The number of fused-ring (bicyclic) bond motifs is 3. The van der Waals surface area contributed by atoms with Crippen LogP contribution in [0.5, 0.6) is 0 Å². The molecule has 0 fully saturated rings. The van der Waals surface area contributed by atoms with Gasteiger partial charge in [0.2, 0.25) is 0 Å². The van der Waals surface area contributed by atoms with Gasteiger partial charge in [-0.2, -0.15) is 0 Å². The standard InChI is InChI=1S/C50H68N2S6Si/c1-7-13-17-19-24-37-45(40-26-21-30-53-40)57-49(51-37)50-52-38(25-20-18-14-8-2)46(58-50)41-28-27-39(55-41)42-32-44-48(56-42)47-43(29-31-54-47)59(44,33-35(11-5)22-15-9-3)34-36(12-6)23-16-10-4/h21,26-32,35-36H,7-20,22-25,33-34H2,1-6H3. The van der Waals surface area contributed by atoms with Crippen LogP contribution in [0.4, 0.5) is 0 Å². The van der Waals surface area contributed by atoms with Gasteiger partial charge in [0.05, 0.1) is 21.1 Å². The molecule has 0 bridgehead atoms. The molecule has 2 atom stereocenters. The average molecular weight is 918 g/mol. The van der Waals surface area contributed by atoms with Crippen molar-refractivity contribution in [2.45, 2.75) is 169 Å². The molecule has 0 spiro atoms. The number of hydrogen-bond donors (Lipinski definition) is 0. The van der Waals surface area contributed by atoms with E-state index in [0.717, 1.165) is 34.7 Å². The Morgan fingerprint density at radius 3 is 1.64 bits per heavy atom. The first-order valence-electron chi connectivity index (χ1n) is 23.3. The lowest BCUT2D eigenvalue weighted by molar-refractivity contribution is 0.469. The topological polar surface area (TPSA) is 25.8 Å². The van der Waals surface area contributed by atoms with Gasteiger partial charge < -0.3 is 0 Å². The zero-order valence-electron chi connectivity index (χ0n) is 36.8. The molecule has 2 unspecified atom stereocenters. The van der Waals surface area contributed by atoms with E-state index in [1.54, 1.807) is 20.1 Å². The molecule has 318 valence electrons. The van der Waals surface area contributed by atoms with Gasteiger partial charge in [-0.05, 0) is 95.0 Å². The molecule has 7 heterocycles. The number of unbranched alkanes of at least 4 members (excludes halogenated alkanes) is 8. The Labute approximate surface area is 382 Å². The van der Waals surface area contributed by atoms with Crippen LogP contribution >= 0.6 is 68.0 Å². The molecule has 1 aliphatic heterocycles. The Morgan fingerprint density at radius 2 is 1.08 bits per heavy atom. The van der Waals surface area contributed by atoms with E-state index in [9.17, 15) is 0 Å². The first-order valence-corrected chi connectivity index (χ1v) is 30.8. The van der Waals surface area contributed by atoms with Crippen LogP contribution in [-0.2, 0) is 12.8 Å². The van der Waals surface area contributed by atoms with E-state index in [4.69, 9.17) is 9.97 Å². The Balaban J connectivity index is 1.24. The summed E-state index contributed by atoms with van der Waals surface area (Å²) in [6.07, 6.45) is 22.9. The molecular formula is C50H68N2S6Si. The molecule has 0 saturated heterocycles. The number of thiophene rings is 4. The highest BCUT2D eigenvalue weighted by atomic mass is 32.1. The van der Waals surface area contributed by atoms with Crippen LogP contribution in [0.3, 0.4) is 0 Å². The summed E-state index contributed by atoms with van der Waals surface area (Å²) in [5.41, 5.74) is 2.55. The molecule has 7 rings (SSSR count). The summed E-state index contributed by atoms with van der Waals surface area (Å²) >= 11 is 11.8. The van der Waals surface area contributed by atoms with Crippen LogP contribution in [0.1, 0.15) is 156 Å². The van der Waals surface area contributed by atoms with E-state index >= 15 is 0 Å². The third-order valence-electron chi connectivity index (χ3n) is 12.9. The van der Waals surface area contributed by atoms with Gasteiger partial charge in [-0.1, -0.05) is 144 Å². The number of thiazole rings is 2. The largest absolute Gasteiger partial charge is 0.238 e. The molecular weight excluding hydrogens is 849 g/mol. The van der Waals surface area contributed by atoms with Gasteiger partial charge in [0.15, 0.2) is 10.0 Å². The number of nitrogens with zero attached hydrogens (tertiary/aromatic N) is 2. The highest BCUT2D eigenvalue weighted by Crippen LogP contribution is 2.49. The normalized spacial score (nSPS) is 15.9. The molecule has 0 aromatic carbocycles. The van der Waals surface area contributed by atoms with Gasteiger partial charge in [0.1, 0.15) is 8.07 Å². The average Bonchev–Trinajstić information content (AvgIpc) is 4.11. The molecule has 1 aliphatic rings. The number of rotatable bonds is 26. The van der Waals surface area contributed by atoms with E-state index < -0.39 is 8.07 Å². The third-order valence-corrected chi connectivity index (χ3v) is 25.8. The Bertz CT molecular complexity index is 2140. The Kier molecular flexibility index (Phi) is 16.9. The van der Waals surface area contributed by atoms with Crippen LogP contribution < -0.4 is 10.4 Å². The lowest BCUT2D eigenvalue weighted by Crippen LogP contribution is -2.56. The number of aromatic nitrogens is 2. The van der Waals surface area contributed by atoms with E-state index in [1.165, 1.54) is 155 Å². The zero-order valence-corrected chi connectivity index (χ0v) is 42.7. The maximum atomic E-state index is 5.46. The van der Waals surface area contributed by atoms with E-state index in [-0.39, 0.29) is 0 Å². The number of hydrogen-bond acceptors (Lipinski definition) is 8. The predicted molar refractivity (Wildman–Crippen MR) is 273 cm³/mol. The SMILES string of the molecule is CCCCCCc1nc(-c2nc(CCCCCC)c(-c3ccc(-c4cc5c(s4)-c4sccc4[Si]5(CC(CC)CCCC)CC(CC)CCCC)s3)s2)sc1-c1cccs1. The lowest BCUT2D eigenvalue weighted by atomic mass is 10.0. The molecule has 0 radical (unpaired) electrons. The molecule has 6 aromatic rings. The van der Waals surface area contributed by atoms with Crippen molar-refractivity contribution in [3.05, 3.63) is 58.5 Å². The van der Waals surface area contributed by atoms with Gasteiger partial charge in [-0.25, -0.2) is 9.97 Å². The monoisotopic (exact) mass is 916 g/mol. The van der Waals surface area contributed by atoms with Crippen molar-refractivity contribution >= 4 is 86.5 Å². The van der Waals surface area contributed by atoms with Crippen molar-refractivity contribution in [1.82, 2.24) is 9.97 Å². The molecule has 2 nitrogen and oxygen atoms in total. The fourth-order valence-electron chi connectivity index (χ4n) is 9.49. The molecule has 0 saturated carbocycles. The first kappa shape index (κ1) is 45.3. The zero-order chi connectivity index (χ0) is 41.2. The van der Waals surface area contributed by atoms with Crippen LogP contribution in [-0.4, -0.2) is 18.0 Å². The minimum atomic E-state index is -1.95. The van der Waals surface area contributed by atoms with Crippen LogP contribution in [0.25, 0.3) is 49.0 Å². The van der Waals surface area contributed by atoms with Gasteiger partial charge in [0, 0.05) is 29.3 Å².